The van der Waals surface area contributed by atoms with Gasteiger partial charge in [-0.2, -0.15) is 0 Å². The standard InChI is InChI=1S/C16H30N2O5/c1-16(2,3)23-14(19)17-9-6-4-5-7-11-22-13-8-10-18(12-13)15(20)21/h13H,4-12H2,1-3H3,(H,17,19)(H,20,21)/t13-/m0/s1. The summed E-state index contributed by atoms with van der Waals surface area (Å²) in [5.74, 6) is 0. The Hall–Kier alpha value is -1.50. The Balaban J connectivity index is 1.91. The van der Waals surface area contributed by atoms with E-state index in [1.807, 2.05) is 20.8 Å². The van der Waals surface area contributed by atoms with Gasteiger partial charge in [0.1, 0.15) is 5.60 Å². The van der Waals surface area contributed by atoms with Crippen LogP contribution in [0.5, 0.6) is 0 Å². The van der Waals surface area contributed by atoms with Crippen LogP contribution in [0.2, 0.25) is 0 Å². The van der Waals surface area contributed by atoms with Crippen molar-refractivity contribution in [3.63, 3.8) is 0 Å². The van der Waals surface area contributed by atoms with E-state index >= 15 is 0 Å². The van der Waals surface area contributed by atoms with Gasteiger partial charge in [0.25, 0.3) is 0 Å². The first-order valence-corrected chi connectivity index (χ1v) is 8.34. The summed E-state index contributed by atoms with van der Waals surface area (Å²) in [5.41, 5.74) is -0.460. The summed E-state index contributed by atoms with van der Waals surface area (Å²) in [6, 6.07) is 0. The van der Waals surface area contributed by atoms with Crippen LogP contribution in [0.3, 0.4) is 0 Å². The lowest BCUT2D eigenvalue weighted by molar-refractivity contribution is 0.0523. The van der Waals surface area contributed by atoms with Gasteiger partial charge in [-0.1, -0.05) is 12.8 Å². The van der Waals surface area contributed by atoms with Crippen molar-refractivity contribution >= 4 is 12.2 Å². The Morgan fingerprint density at radius 3 is 2.52 bits per heavy atom. The van der Waals surface area contributed by atoms with Crippen molar-refractivity contribution in [3.05, 3.63) is 0 Å². The van der Waals surface area contributed by atoms with Crippen molar-refractivity contribution in [1.82, 2.24) is 10.2 Å². The Morgan fingerprint density at radius 2 is 1.91 bits per heavy atom. The van der Waals surface area contributed by atoms with Gasteiger partial charge >= 0.3 is 12.2 Å². The topological polar surface area (TPSA) is 88.1 Å². The minimum Gasteiger partial charge on any atom is -0.465 e. The molecule has 23 heavy (non-hydrogen) atoms. The number of hydrogen-bond donors (Lipinski definition) is 2. The molecule has 1 aliphatic heterocycles. The van der Waals surface area contributed by atoms with Gasteiger partial charge in [-0.15, -0.1) is 0 Å². The first-order chi connectivity index (χ1) is 10.8. The van der Waals surface area contributed by atoms with Gasteiger partial charge in [0.2, 0.25) is 0 Å². The van der Waals surface area contributed by atoms with Crippen LogP contribution in [0.1, 0.15) is 52.9 Å². The predicted octanol–water partition coefficient (Wildman–Crippen LogP) is 2.84. The van der Waals surface area contributed by atoms with E-state index in [0.717, 1.165) is 32.1 Å². The molecule has 7 nitrogen and oxygen atoms in total. The van der Waals surface area contributed by atoms with E-state index < -0.39 is 11.7 Å². The van der Waals surface area contributed by atoms with E-state index in [-0.39, 0.29) is 12.2 Å². The minimum atomic E-state index is -0.867. The van der Waals surface area contributed by atoms with Gasteiger partial charge in [-0.05, 0) is 40.0 Å². The summed E-state index contributed by atoms with van der Waals surface area (Å²) in [7, 11) is 0. The van der Waals surface area contributed by atoms with Gasteiger partial charge in [-0.3, -0.25) is 0 Å². The number of rotatable bonds is 8. The van der Waals surface area contributed by atoms with Crippen LogP contribution in [-0.4, -0.2) is 60.1 Å². The summed E-state index contributed by atoms with van der Waals surface area (Å²) in [6.07, 6.45) is 3.51. The highest BCUT2D eigenvalue weighted by atomic mass is 16.6. The smallest absolute Gasteiger partial charge is 0.407 e. The molecule has 1 fully saturated rings. The molecule has 0 saturated carbocycles. The molecular formula is C16H30N2O5. The Kier molecular flexibility index (Phi) is 8.16. The van der Waals surface area contributed by atoms with Crippen molar-refractivity contribution in [2.45, 2.75) is 64.6 Å². The van der Waals surface area contributed by atoms with Crippen molar-refractivity contribution in [2.75, 3.05) is 26.2 Å². The quantitative estimate of drug-likeness (QED) is 0.668. The molecule has 1 rings (SSSR count). The third-order valence-electron chi connectivity index (χ3n) is 3.51. The zero-order chi connectivity index (χ0) is 17.3. The Morgan fingerprint density at radius 1 is 1.22 bits per heavy atom. The SMILES string of the molecule is CC(C)(C)OC(=O)NCCCCCCO[C@H]1CCN(C(=O)O)C1. The number of hydrogen-bond acceptors (Lipinski definition) is 4. The number of carbonyl (C=O) groups is 2. The zero-order valence-corrected chi connectivity index (χ0v) is 14.5. The van der Waals surface area contributed by atoms with Crippen LogP contribution in [0.25, 0.3) is 0 Å². The van der Waals surface area contributed by atoms with Crippen molar-refractivity contribution in [2.24, 2.45) is 0 Å². The lowest BCUT2D eigenvalue weighted by Gasteiger charge is -2.19. The van der Waals surface area contributed by atoms with Gasteiger partial charge in [0.15, 0.2) is 0 Å². The molecule has 134 valence electrons. The molecule has 2 amide bonds. The number of nitrogens with zero attached hydrogens (tertiary/aromatic N) is 1. The molecule has 0 aromatic carbocycles. The molecule has 7 heteroatoms. The second kappa shape index (κ2) is 9.60. The van der Waals surface area contributed by atoms with Crippen LogP contribution < -0.4 is 5.32 Å². The summed E-state index contributed by atoms with van der Waals surface area (Å²) in [5, 5.41) is 11.6. The molecule has 0 radical (unpaired) electrons. The van der Waals surface area contributed by atoms with E-state index in [1.54, 1.807) is 0 Å². The van der Waals surface area contributed by atoms with Crippen molar-refractivity contribution in [1.29, 1.82) is 0 Å². The van der Waals surface area contributed by atoms with E-state index in [2.05, 4.69) is 5.32 Å². The highest BCUT2D eigenvalue weighted by Crippen LogP contribution is 2.13. The molecule has 0 spiro atoms. The highest BCUT2D eigenvalue weighted by molar-refractivity contribution is 5.67. The Bertz CT molecular complexity index is 381. The Labute approximate surface area is 138 Å². The lowest BCUT2D eigenvalue weighted by Crippen LogP contribution is -2.32. The fourth-order valence-corrected chi connectivity index (χ4v) is 2.37. The maximum absolute atomic E-state index is 11.4. The maximum atomic E-state index is 11.4. The van der Waals surface area contributed by atoms with Crippen LogP contribution in [0, 0.1) is 0 Å². The zero-order valence-electron chi connectivity index (χ0n) is 14.5. The third kappa shape index (κ3) is 9.28. The average Bonchev–Trinajstić information content (AvgIpc) is 2.88. The molecule has 1 atom stereocenters. The van der Waals surface area contributed by atoms with Crippen molar-refractivity contribution < 1.29 is 24.2 Å². The monoisotopic (exact) mass is 330 g/mol. The van der Waals surface area contributed by atoms with Crippen LogP contribution >= 0.6 is 0 Å². The molecular weight excluding hydrogens is 300 g/mol. The summed E-state index contributed by atoms with van der Waals surface area (Å²) in [6.45, 7) is 7.85. The number of likely N-dealkylation sites (tertiary alicyclic amines) is 1. The number of carbonyl (C=O) groups excluding carboxylic acids is 1. The van der Waals surface area contributed by atoms with Gasteiger partial charge in [-0.25, -0.2) is 9.59 Å². The van der Waals surface area contributed by atoms with Gasteiger partial charge in [0.05, 0.1) is 12.6 Å². The minimum absolute atomic E-state index is 0.0416. The molecule has 1 saturated heterocycles. The number of carboxylic acid groups (broad SMARTS) is 1. The van der Waals surface area contributed by atoms with E-state index in [0.29, 0.717) is 26.2 Å². The third-order valence-corrected chi connectivity index (χ3v) is 3.51. The molecule has 1 aliphatic rings. The molecule has 0 aliphatic carbocycles. The number of alkyl carbamates (subject to hydrolysis) is 1. The fourth-order valence-electron chi connectivity index (χ4n) is 2.37. The van der Waals surface area contributed by atoms with E-state index in [4.69, 9.17) is 14.6 Å². The lowest BCUT2D eigenvalue weighted by atomic mass is 10.2. The van der Waals surface area contributed by atoms with Crippen LogP contribution in [0.4, 0.5) is 9.59 Å². The van der Waals surface area contributed by atoms with Gasteiger partial charge in [0, 0.05) is 19.7 Å². The molecule has 0 aromatic rings. The predicted molar refractivity (Wildman–Crippen MR) is 86.7 cm³/mol. The van der Waals surface area contributed by atoms with Crippen LogP contribution in [0.15, 0.2) is 0 Å². The fraction of sp³-hybridized carbons (Fsp3) is 0.875. The normalized spacial score (nSPS) is 18.0. The van der Waals surface area contributed by atoms with Gasteiger partial charge < -0.3 is 24.8 Å². The average molecular weight is 330 g/mol. The maximum Gasteiger partial charge on any atom is 0.407 e. The molecule has 2 N–H and O–H groups in total. The molecule has 0 bridgehead atoms. The molecule has 1 heterocycles. The largest absolute Gasteiger partial charge is 0.465 e. The summed E-state index contributed by atoms with van der Waals surface area (Å²) in [4.78, 5) is 23.6. The first kappa shape index (κ1) is 19.5. The van der Waals surface area contributed by atoms with Crippen molar-refractivity contribution in [3.8, 4) is 0 Å². The number of amides is 2. The van der Waals surface area contributed by atoms with E-state index in [9.17, 15) is 9.59 Å². The number of unbranched alkanes of at least 4 members (excludes halogenated alkanes) is 3. The number of ether oxygens (including phenoxy) is 2. The summed E-state index contributed by atoms with van der Waals surface area (Å²) >= 11 is 0. The second-order valence-electron chi connectivity index (χ2n) is 6.85. The molecule has 0 aromatic heterocycles. The first-order valence-electron chi connectivity index (χ1n) is 8.34. The summed E-state index contributed by atoms with van der Waals surface area (Å²) < 4.78 is 10.8. The number of nitrogens with one attached hydrogen (secondary N) is 1. The van der Waals surface area contributed by atoms with Crippen LogP contribution in [-0.2, 0) is 9.47 Å². The van der Waals surface area contributed by atoms with E-state index in [1.165, 1.54) is 4.90 Å². The second-order valence-corrected chi connectivity index (χ2v) is 6.85. The molecule has 0 unspecified atom stereocenters. The highest BCUT2D eigenvalue weighted by Gasteiger charge is 2.26.